The van der Waals surface area contributed by atoms with E-state index in [2.05, 4.69) is 0 Å². The molecule has 1 atom stereocenters. The molecule has 0 aromatic heterocycles. The highest BCUT2D eigenvalue weighted by Gasteiger charge is 2.28. The zero-order valence-electron chi connectivity index (χ0n) is 9.33. The van der Waals surface area contributed by atoms with Gasteiger partial charge >= 0.3 is 0 Å². The Hall–Kier alpha value is -0.570. The lowest BCUT2D eigenvalue weighted by atomic mass is 10.1. The van der Waals surface area contributed by atoms with Crippen molar-refractivity contribution in [2.75, 3.05) is 19.6 Å². The molecule has 0 spiro atoms. The van der Waals surface area contributed by atoms with Crippen LogP contribution in [0.1, 0.15) is 33.1 Å². The monoisotopic (exact) mass is 198 g/mol. The minimum absolute atomic E-state index is 0.0358. The summed E-state index contributed by atoms with van der Waals surface area (Å²) in [6.07, 6.45) is 3.45. The van der Waals surface area contributed by atoms with E-state index < -0.39 is 0 Å². The molecule has 0 saturated heterocycles. The Balaban J connectivity index is 2.43. The molecule has 82 valence electrons. The first-order chi connectivity index (χ1) is 6.72. The van der Waals surface area contributed by atoms with Gasteiger partial charge in [-0.2, -0.15) is 0 Å². The fourth-order valence-corrected chi connectivity index (χ4v) is 1.69. The maximum absolute atomic E-state index is 11.9. The fraction of sp³-hybridized carbons (Fsp3) is 0.909. The van der Waals surface area contributed by atoms with Gasteiger partial charge in [0.2, 0.25) is 5.91 Å². The molecule has 0 aromatic carbocycles. The molecule has 1 fully saturated rings. The third-order valence-corrected chi connectivity index (χ3v) is 3.00. The summed E-state index contributed by atoms with van der Waals surface area (Å²) in [7, 11) is 0. The minimum Gasteiger partial charge on any atom is -0.342 e. The molecule has 14 heavy (non-hydrogen) atoms. The Bertz CT molecular complexity index is 186. The number of rotatable bonds is 6. The molecule has 1 aliphatic carbocycles. The van der Waals surface area contributed by atoms with Crippen LogP contribution in [0, 0.1) is 11.8 Å². The van der Waals surface area contributed by atoms with E-state index in [1.165, 1.54) is 12.8 Å². The molecular weight excluding hydrogens is 176 g/mol. The Kier molecular flexibility index (Phi) is 4.39. The molecular formula is C11H22N2O. The van der Waals surface area contributed by atoms with E-state index in [0.717, 1.165) is 25.4 Å². The summed E-state index contributed by atoms with van der Waals surface area (Å²) in [5.41, 5.74) is 5.58. The van der Waals surface area contributed by atoms with Gasteiger partial charge in [0.1, 0.15) is 0 Å². The van der Waals surface area contributed by atoms with Crippen molar-refractivity contribution in [2.45, 2.75) is 33.1 Å². The first-order valence-corrected chi connectivity index (χ1v) is 5.71. The van der Waals surface area contributed by atoms with Gasteiger partial charge < -0.3 is 10.6 Å². The number of nitrogens with two attached hydrogens (primary N) is 1. The number of amides is 1. The van der Waals surface area contributed by atoms with Crippen LogP contribution in [-0.4, -0.2) is 30.4 Å². The molecule has 0 bridgehead atoms. The lowest BCUT2D eigenvalue weighted by Gasteiger charge is -2.25. The molecule has 3 nitrogen and oxygen atoms in total. The molecule has 1 unspecified atom stereocenters. The number of hydrogen-bond donors (Lipinski definition) is 1. The van der Waals surface area contributed by atoms with E-state index in [1.54, 1.807) is 0 Å². The molecule has 1 aliphatic rings. The average Bonchev–Trinajstić information content (AvgIpc) is 2.99. The molecule has 0 heterocycles. The van der Waals surface area contributed by atoms with E-state index in [1.807, 2.05) is 18.7 Å². The summed E-state index contributed by atoms with van der Waals surface area (Å²) in [6.45, 7) is 6.33. The molecule has 0 aromatic rings. The van der Waals surface area contributed by atoms with Gasteiger partial charge in [0, 0.05) is 19.6 Å². The van der Waals surface area contributed by atoms with Crippen molar-refractivity contribution in [3.8, 4) is 0 Å². The summed E-state index contributed by atoms with van der Waals surface area (Å²) in [6, 6.07) is 0. The van der Waals surface area contributed by atoms with Crippen molar-refractivity contribution < 1.29 is 4.79 Å². The first-order valence-electron chi connectivity index (χ1n) is 5.71. The highest BCUT2D eigenvalue weighted by Crippen LogP contribution is 2.30. The third kappa shape index (κ3) is 2.98. The van der Waals surface area contributed by atoms with Crippen molar-refractivity contribution in [3.05, 3.63) is 0 Å². The van der Waals surface area contributed by atoms with Gasteiger partial charge in [-0.1, -0.05) is 6.92 Å². The second-order valence-corrected chi connectivity index (χ2v) is 4.16. The van der Waals surface area contributed by atoms with Crippen molar-refractivity contribution in [1.82, 2.24) is 4.90 Å². The van der Waals surface area contributed by atoms with Gasteiger partial charge in [-0.05, 0) is 32.1 Å². The van der Waals surface area contributed by atoms with Gasteiger partial charge in [-0.25, -0.2) is 0 Å². The van der Waals surface area contributed by atoms with Crippen molar-refractivity contribution >= 4 is 5.91 Å². The molecule has 0 aliphatic heterocycles. The van der Waals surface area contributed by atoms with E-state index in [9.17, 15) is 4.79 Å². The zero-order chi connectivity index (χ0) is 10.6. The van der Waals surface area contributed by atoms with Gasteiger partial charge in [0.25, 0.3) is 0 Å². The standard InChI is InChI=1S/C11H22N2O/c1-3-10(7-12)11(14)13(4-2)8-9-5-6-9/h9-10H,3-8,12H2,1-2H3. The van der Waals surface area contributed by atoms with Crippen LogP contribution in [0.2, 0.25) is 0 Å². The lowest BCUT2D eigenvalue weighted by Crippen LogP contribution is -2.39. The summed E-state index contributed by atoms with van der Waals surface area (Å²) >= 11 is 0. The van der Waals surface area contributed by atoms with Crippen molar-refractivity contribution in [1.29, 1.82) is 0 Å². The van der Waals surface area contributed by atoms with Gasteiger partial charge in [0.05, 0.1) is 5.92 Å². The van der Waals surface area contributed by atoms with Crippen LogP contribution in [0.4, 0.5) is 0 Å². The van der Waals surface area contributed by atoms with Crippen molar-refractivity contribution in [2.24, 2.45) is 17.6 Å². The lowest BCUT2D eigenvalue weighted by molar-refractivity contribution is -0.135. The van der Waals surface area contributed by atoms with Gasteiger partial charge in [-0.3, -0.25) is 4.79 Å². The first kappa shape index (κ1) is 11.5. The highest BCUT2D eigenvalue weighted by molar-refractivity contribution is 5.79. The molecule has 1 amide bonds. The number of carbonyl (C=O) groups is 1. The maximum Gasteiger partial charge on any atom is 0.226 e. The normalized spacial score (nSPS) is 17.9. The summed E-state index contributed by atoms with van der Waals surface area (Å²) in [5, 5.41) is 0. The summed E-state index contributed by atoms with van der Waals surface area (Å²) in [4.78, 5) is 13.9. The van der Waals surface area contributed by atoms with E-state index in [-0.39, 0.29) is 11.8 Å². The second kappa shape index (κ2) is 5.35. The van der Waals surface area contributed by atoms with Crippen LogP contribution in [0.3, 0.4) is 0 Å². The predicted octanol–water partition coefficient (Wildman–Crippen LogP) is 1.23. The molecule has 1 rings (SSSR count). The Morgan fingerprint density at radius 1 is 1.50 bits per heavy atom. The van der Waals surface area contributed by atoms with Crippen LogP contribution >= 0.6 is 0 Å². The van der Waals surface area contributed by atoms with Crippen LogP contribution in [-0.2, 0) is 4.79 Å². The van der Waals surface area contributed by atoms with Crippen LogP contribution in [0.25, 0.3) is 0 Å². The molecule has 1 saturated carbocycles. The van der Waals surface area contributed by atoms with Gasteiger partial charge in [-0.15, -0.1) is 0 Å². The SMILES string of the molecule is CCC(CN)C(=O)N(CC)CC1CC1. The fourth-order valence-electron chi connectivity index (χ4n) is 1.69. The number of carbonyl (C=O) groups excluding carboxylic acids is 1. The van der Waals surface area contributed by atoms with Crippen molar-refractivity contribution in [3.63, 3.8) is 0 Å². The molecule has 2 N–H and O–H groups in total. The van der Waals surface area contributed by atoms with E-state index >= 15 is 0 Å². The molecule has 0 radical (unpaired) electrons. The average molecular weight is 198 g/mol. The predicted molar refractivity (Wildman–Crippen MR) is 57.8 cm³/mol. The smallest absolute Gasteiger partial charge is 0.226 e. The molecule has 3 heteroatoms. The summed E-state index contributed by atoms with van der Waals surface area (Å²) in [5.74, 6) is 1.06. The Morgan fingerprint density at radius 2 is 2.14 bits per heavy atom. The van der Waals surface area contributed by atoms with E-state index in [4.69, 9.17) is 5.73 Å². The minimum atomic E-state index is 0.0358. The van der Waals surface area contributed by atoms with E-state index in [0.29, 0.717) is 6.54 Å². The number of nitrogens with zero attached hydrogens (tertiary/aromatic N) is 1. The quantitative estimate of drug-likeness (QED) is 0.697. The number of hydrogen-bond acceptors (Lipinski definition) is 2. The van der Waals surface area contributed by atoms with Gasteiger partial charge in [0.15, 0.2) is 0 Å². The van der Waals surface area contributed by atoms with Crippen LogP contribution in [0.15, 0.2) is 0 Å². The summed E-state index contributed by atoms with van der Waals surface area (Å²) < 4.78 is 0. The van der Waals surface area contributed by atoms with Crippen LogP contribution < -0.4 is 5.73 Å². The highest BCUT2D eigenvalue weighted by atomic mass is 16.2. The largest absolute Gasteiger partial charge is 0.342 e. The Labute approximate surface area is 86.6 Å². The Morgan fingerprint density at radius 3 is 2.50 bits per heavy atom. The third-order valence-electron chi connectivity index (χ3n) is 3.00. The second-order valence-electron chi connectivity index (χ2n) is 4.16. The zero-order valence-corrected chi connectivity index (χ0v) is 9.33. The topological polar surface area (TPSA) is 46.3 Å². The van der Waals surface area contributed by atoms with Crippen LogP contribution in [0.5, 0.6) is 0 Å². The maximum atomic E-state index is 11.9.